The summed E-state index contributed by atoms with van der Waals surface area (Å²) in [7, 11) is 0. The van der Waals surface area contributed by atoms with Crippen LogP contribution in [0, 0.1) is 0 Å². The molecular weight excluding hydrogens is 240 g/mol. The lowest BCUT2D eigenvalue weighted by atomic mass is 10.3. The van der Waals surface area contributed by atoms with Crippen molar-refractivity contribution >= 4 is 12.0 Å². The summed E-state index contributed by atoms with van der Waals surface area (Å²) in [6.45, 7) is 1.49. The van der Waals surface area contributed by atoms with Gasteiger partial charge in [0, 0.05) is 37.8 Å². The highest BCUT2D eigenvalue weighted by Crippen LogP contribution is 1.95. The van der Waals surface area contributed by atoms with Crippen molar-refractivity contribution in [1.29, 1.82) is 0 Å². The minimum atomic E-state index is -0.101. The molecule has 5 nitrogen and oxygen atoms in total. The van der Waals surface area contributed by atoms with E-state index in [1.165, 1.54) is 6.08 Å². The number of amides is 1. The Kier molecular flexibility index (Phi) is 4.87. The van der Waals surface area contributed by atoms with Crippen molar-refractivity contribution in [2.24, 2.45) is 0 Å². The van der Waals surface area contributed by atoms with Crippen LogP contribution in [0.25, 0.3) is 6.08 Å². The number of pyridine rings is 1. The molecule has 0 saturated carbocycles. The van der Waals surface area contributed by atoms with E-state index < -0.39 is 0 Å². The smallest absolute Gasteiger partial charge is 0.244 e. The first-order valence-corrected chi connectivity index (χ1v) is 6.17. The third-order valence-electron chi connectivity index (χ3n) is 2.54. The van der Waals surface area contributed by atoms with Gasteiger partial charge in [-0.2, -0.15) is 0 Å². The van der Waals surface area contributed by atoms with Gasteiger partial charge in [-0.05, 0) is 24.6 Å². The first-order valence-electron chi connectivity index (χ1n) is 6.17. The van der Waals surface area contributed by atoms with Gasteiger partial charge in [0.2, 0.25) is 5.91 Å². The Balaban J connectivity index is 1.66. The maximum Gasteiger partial charge on any atom is 0.244 e. The molecule has 0 bridgehead atoms. The van der Waals surface area contributed by atoms with Gasteiger partial charge in [-0.15, -0.1) is 0 Å². The molecule has 1 N–H and O–H groups in total. The Morgan fingerprint density at radius 1 is 1.37 bits per heavy atom. The molecule has 0 unspecified atom stereocenters. The van der Waals surface area contributed by atoms with E-state index in [0.29, 0.717) is 6.54 Å². The number of aryl methyl sites for hydroxylation is 1. The van der Waals surface area contributed by atoms with Crippen molar-refractivity contribution in [1.82, 2.24) is 19.9 Å². The first kappa shape index (κ1) is 13.0. The molecule has 19 heavy (non-hydrogen) atoms. The van der Waals surface area contributed by atoms with E-state index >= 15 is 0 Å². The molecule has 0 fully saturated rings. The lowest BCUT2D eigenvalue weighted by Crippen LogP contribution is -2.22. The average molecular weight is 256 g/mol. The first-order chi connectivity index (χ1) is 9.34. The number of carbonyl (C=O) groups excluding carboxylic acids is 1. The standard InChI is InChI=1S/C14H16N4O/c19-14(6-5-13-4-1-2-7-16-13)17-8-3-10-18-11-9-15-12-18/h1-2,4-7,9,11-12H,3,8,10H2,(H,17,19)/b6-5+. The molecule has 2 aromatic rings. The second-order valence-electron chi connectivity index (χ2n) is 4.03. The quantitative estimate of drug-likeness (QED) is 0.629. The van der Waals surface area contributed by atoms with E-state index in [-0.39, 0.29) is 5.91 Å². The Labute approximate surface area is 112 Å². The zero-order valence-corrected chi connectivity index (χ0v) is 10.6. The van der Waals surface area contributed by atoms with Gasteiger partial charge >= 0.3 is 0 Å². The van der Waals surface area contributed by atoms with Gasteiger partial charge in [-0.3, -0.25) is 9.78 Å². The minimum absolute atomic E-state index is 0.101. The van der Waals surface area contributed by atoms with Crippen LogP contribution in [-0.2, 0) is 11.3 Å². The average Bonchev–Trinajstić information content (AvgIpc) is 2.96. The second kappa shape index (κ2) is 7.10. The van der Waals surface area contributed by atoms with Gasteiger partial charge in [-0.25, -0.2) is 4.98 Å². The number of nitrogens with zero attached hydrogens (tertiary/aromatic N) is 3. The summed E-state index contributed by atoms with van der Waals surface area (Å²) >= 11 is 0. The molecular formula is C14H16N4O. The number of rotatable bonds is 6. The highest BCUT2D eigenvalue weighted by atomic mass is 16.1. The van der Waals surface area contributed by atoms with Crippen LogP contribution in [0.5, 0.6) is 0 Å². The SMILES string of the molecule is O=C(/C=C/c1ccccn1)NCCCn1ccnc1. The third-order valence-corrected chi connectivity index (χ3v) is 2.54. The molecule has 0 spiro atoms. The summed E-state index contributed by atoms with van der Waals surface area (Å²) < 4.78 is 1.98. The molecule has 0 atom stereocenters. The van der Waals surface area contributed by atoms with Crippen LogP contribution in [-0.4, -0.2) is 27.0 Å². The van der Waals surface area contributed by atoms with Gasteiger partial charge in [0.1, 0.15) is 0 Å². The molecule has 0 radical (unpaired) electrons. The van der Waals surface area contributed by atoms with Crippen molar-refractivity contribution in [2.75, 3.05) is 6.54 Å². The summed E-state index contributed by atoms with van der Waals surface area (Å²) in [5, 5.41) is 2.83. The summed E-state index contributed by atoms with van der Waals surface area (Å²) in [6, 6.07) is 5.58. The minimum Gasteiger partial charge on any atom is -0.352 e. The Bertz CT molecular complexity index is 520. The van der Waals surface area contributed by atoms with E-state index in [4.69, 9.17) is 0 Å². The van der Waals surface area contributed by atoms with E-state index in [2.05, 4.69) is 15.3 Å². The summed E-state index contributed by atoms with van der Waals surface area (Å²) in [5.41, 5.74) is 0.774. The third kappa shape index (κ3) is 4.75. The highest BCUT2D eigenvalue weighted by Gasteiger charge is 1.95. The zero-order valence-electron chi connectivity index (χ0n) is 10.6. The van der Waals surface area contributed by atoms with Gasteiger partial charge in [0.25, 0.3) is 0 Å². The van der Waals surface area contributed by atoms with E-state index in [1.54, 1.807) is 24.8 Å². The van der Waals surface area contributed by atoms with Crippen molar-refractivity contribution in [3.05, 3.63) is 54.9 Å². The van der Waals surface area contributed by atoms with Gasteiger partial charge in [-0.1, -0.05) is 6.07 Å². The number of hydrogen-bond donors (Lipinski definition) is 1. The van der Waals surface area contributed by atoms with E-state index in [0.717, 1.165) is 18.7 Å². The number of carbonyl (C=O) groups is 1. The predicted octanol–water partition coefficient (Wildman–Crippen LogP) is 1.50. The molecule has 2 heterocycles. The van der Waals surface area contributed by atoms with Crippen molar-refractivity contribution in [3.63, 3.8) is 0 Å². The van der Waals surface area contributed by atoms with Crippen molar-refractivity contribution < 1.29 is 4.79 Å². The predicted molar refractivity (Wildman–Crippen MR) is 73.1 cm³/mol. The number of aromatic nitrogens is 3. The molecule has 2 rings (SSSR count). The fraction of sp³-hybridized carbons (Fsp3) is 0.214. The van der Waals surface area contributed by atoms with Gasteiger partial charge in [0.05, 0.1) is 12.0 Å². The molecule has 5 heteroatoms. The van der Waals surface area contributed by atoms with Crippen LogP contribution in [0.4, 0.5) is 0 Å². The van der Waals surface area contributed by atoms with Crippen LogP contribution >= 0.6 is 0 Å². The molecule has 0 aliphatic heterocycles. The van der Waals surface area contributed by atoms with Gasteiger partial charge in [0.15, 0.2) is 0 Å². The maximum absolute atomic E-state index is 11.5. The normalized spacial score (nSPS) is 10.7. The molecule has 0 aliphatic rings. The van der Waals surface area contributed by atoms with Crippen LogP contribution in [0.15, 0.2) is 49.2 Å². The van der Waals surface area contributed by atoms with E-state index in [1.807, 2.05) is 29.0 Å². The van der Waals surface area contributed by atoms with Gasteiger partial charge < -0.3 is 9.88 Å². The molecule has 2 aromatic heterocycles. The Morgan fingerprint density at radius 2 is 2.32 bits per heavy atom. The fourth-order valence-electron chi connectivity index (χ4n) is 1.59. The van der Waals surface area contributed by atoms with Crippen LogP contribution in [0.2, 0.25) is 0 Å². The topological polar surface area (TPSA) is 59.8 Å². The maximum atomic E-state index is 11.5. The van der Waals surface area contributed by atoms with Crippen LogP contribution in [0.1, 0.15) is 12.1 Å². The number of hydrogen-bond acceptors (Lipinski definition) is 3. The van der Waals surface area contributed by atoms with Crippen molar-refractivity contribution in [2.45, 2.75) is 13.0 Å². The Hall–Kier alpha value is -2.43. The second-order valence-corrected chi connectivity index (χ2v) is 4.03. The lowest BCUT2D eigenvalue weighted by Gasteiger charge is -2.03. The molecule has 0 saturated heterocycles. The number of nitrogens with one attached hydrogen (secondary N) is 1. The summed E-state index contributed by atoms with van der Waals surface area (Å²) in [5.74, 6) is -0.101. The largest absolute Gasteiger partial charge is 0.352 e. The van der Waals surface area contributed by atoms with Crippen molar-refractivity contribution in [3.8, 4) is 0 Å². The van der Waals surface area contributed by atoms with E-state index in [9.17, 15) is 4.79 Å². The lowest BCUT2D eigenvalue weighted by molar-refractivity contribution is -0.116. The Morgan fingerprint density at radius 3 is 3.05 bits per heavy atom. The molecule has 98 valence electrons. The fourth-order valence-corrected chi connectivity index (χ4v) is 1.59. The number of imidazole rings is 1. The monoisotopic (exact) mass is 256 g/mol. The summed E-state index contributed by atoms with van der Waals surface area (Å²) in [4.78, 5) is 19.6. The van der Waals surface area contributed by atoms with Crippen LogP contribution < -0.4 is 5.32 Å². The molecule has 0 aromatic carbocycles. The zero-order chi connectivity index (χ0) is 13.3. The molecule has 0 aliphatic carbocycles. The van der Waals surface area contributed by atoms with Crippen LogP contribution in [0.3, 0.4) is 0 Å². The highest BCUT2D eigenvalue weighted by molar-refractivity contribution is 5.91. The molecule has 1 amide bonds. The summed E-state index contributed by atoms with van der Waals surface area (Å²) in [6.07, 6.45) is 11.2.